The summed E-state index contributed by atoms with van der Waals surface area (Å²) in [4.78, 5) is 12.4. The first-order chi connectivity index (χ1) is 16.6. The molecule has 172 valence electrons. The summed E-state index contributed by atoms with van der Waals surface area (Å²) in [5.41, 5.74) is 4.70. The smallest absolute Gasteiger partial charge is 0.331 e. The third kappa shape index (κ3) is 4.43. The summed E-state index contributed by atoms with van der Waals surface area (Å²) in [6.07, 6.45) is 4.97. The van der Waals surface area contributed by atoms with E-state index in [1.807, 2.05) is 61.7 Å². The molecule has 2 aromatic heterocycles. The van der Waals surface area contributed by atoms with Crippen molar-refractivity contribution < 1.29 is 23.5 Å². The van der Waals surface area contributed by atoms with Crippen molar-refractivity contribution in [3.63, 3.8) is 0 Å². The van der Waals surface area contributed by atoms with E-state index in [4.69, 9.17) is 23.8 Å². The first-order valence-corrected chi connectivity index (χ1v) is 10.9. The fraction of sp³-hybridized carbons (Fsp3) is 0.192. The molecule has 4 aromatic rings. The monoisotopic (exact) mass is 457 g/mol. The van der Waals surface area contributed by atoms with Gasteiger partial charge in [-0.3, -0.25) is 0 Å². The van der Waals surface area contributed by atoms with E-state index in [9.17, 15) is 4.79 Å². The number of nitrogens with zero attached hydrogens (tertiary/aromatic N) is 3. The highest BCUT2D eigenvalue weighted by Gasteiger charge is 2.17. The van der Waals surface area contributed by atoms with Crippen LogP contribution in [0.2, 0.25) is 0 Å². The summed E-state index contributed by atoms with van der Waals surface area (Å²) in [6.45, 7) is 4.73. The predicted octanol–water partition coefficient (Wildman–Crippen LogP) is 4.67. The lowest BCUT2D eigenvalue weighted by atomic mass is 10.1. The van der Waals surface area contributed by atoms with Crippen LogP contribution in [0.3, 0.4) is 0 Å². The number of hydrogen-bond acceptors (Lipinski definition) is 7. The molecular weight excluding hydrogens is 434 g/mol. The van der Waals surface area contributed by atoms with Gasteiger partial charge in [-0.15, -0.1) is 0 Å². The highest BCUT2D eigenvalue weighted by Crippen LogP contribution is 2.35. The Bertz CT molecular complexity index is 1330. The van der Waals surface area contributed by atoms with Crippen molar-refractivity contribution in [2.45, 2.75) is 20.5 Å². The summed E-state index contributed by atoms with van der Waals surface area (Å²) in [7, 11) is 0. The quantitative estimate of drug-likeness (QED) is 0.307. The van der Waals surface area contributed by atoms with Crippen LogP contribution in [0.5, 0.6) is 11.5 Å². The Hall–Kier alpha value is -4.33. The highest BCUT2D eigenvalue weighted by atomic mass is 16.6. The minimum absolute atomic E-state index is 0.0998. The maximum Gasteiger partial charge on any atom is 0.331 e. The Balaban J connectivity index is 1.43. The SMILES string of the molecule is Cc1noc(C)c1COC(=O)/C=C/c1cn(-c2ccccc2)nc1-c1ccc2c(c1)OCCO2. The lowest BCUT2D eigenvalue weighted by Crippen LogP contribution is -2.15. The van der Waals surface area contributed by atoms with E-state index in [-0.39, 0.29) is 6.61 Å². The molecule has 2 aromatic carbocycles. The zero-order chi connectivity index (χ0) is 23.5. The summed E-state index contributed by atoms with van der Waals surface area (Å²) in [6, 6.07) is 15.5. The Morgan fingerprint density at radius 3 is 2.65 bits per heavy atom. The predicted molar refractivity (Wildman–Crippen MR) is 125 cm³/mol. The van der Waals surface area contributed by atoms with Crippen LogP contribution in [-0.4, -0.2) is 34.1 Å². The van der Waals surface area contributed by atoms with E-state index in [0.717, 1.165) is 22.4 Å². The highest BCUT2D eigenvalue weighted by molar-refractivity contribution is 5.89. The van der Waals surface area contributed by atoms with E-state index in [1.54, 1.807) is 17.7 Å². The zero-order valence-electron chi connectivity index (χ0n) is 18.9. The minimum Gasteiger partial charge on any atom is -0.486 e. The van der Waals surface area contributed by atoms with Crippen LogP contribution < -0.4 is 9.47 Å². The van der Waals surface area contributed by atoms with Gasteiger partial charge < -0.3 is 18.7 Å². The number of rotatable bonds is 6. The molecule has 1 aliphatic heterocycles. The molecule has 0 aliphatic carbocycles. The number of carbonyl (C=O) groups excluding carboxylic acids is 1. The molecule has 0 radical (unpaired) electrons. The number of carbonyl (C=O) groups is 1. The molecule has 0 saturated heterocycles. The van der Waals surface area contributed by atoms with Gasteiger partial charge in [0.2, 0.25) is 0 Å². The van der Waals surface area contributed by atoms with Gasteiger partial charge in [0.1, 0.15) is 31.3 Å². The van der Waals surface area contributed by atoms with Crippen LogP contribution in [0.4, 0.5) is 0 Å². The number of aryl methyl sites for hydroxylation is 2. The van der Waals surface area contributed by atoms with Gasteiger partial charge in [-0.05, 0) is 50.3 Å². The molecule has 0 bridgehead atoms. The van der Waals surface area contributed by atoms with Crippen molar-refractivity contribution in [3.8, 4) is 28.4 Å². The topological polar surface area (TPSA) is 88.6 Å². The molecule has 0 unspecified atom stereocenters. The van der Waals surface area contributed by atoms with Gasteiger partial charge in [0, 0.05) is 23.4 Å². The number of benzene rings is 2. The van der Waals surface area contributed by atoms with Gasteiger partial charge in [0.05, 0.1) is 16.9 Å². The molecular formula is C26H23N3O5. The van der Waals surface area contributed by atoms with Crippen LogP contribution in [0, 0.1) is 13.8 Å². The second-order valence-corrected chi connectivity index (χ2v) is 7.82. The van der Waals surface area contributed by atoms with Crippen LogP contribution in [-0.2, 0) is 16.1 Å². The number of esters is 1. The van der Waals surface area contributed by atoms with Gasteiger partial charge in [0.25, 0.3) is 0 Å². The molecule has 3 heterocycles. The number of para-hydroxylation sites is 1. The Labute approximate surface area is 196 Å². The second-order valence-electron chi connectivity index (χ2n) is 7.82. The van der Waals surface area contributed by atoms with Crippen molar-refractivity contribution in [2.24, 2.45) is 0 Å². The second kappa shape index (κ2) is 9.27. The summed E-state index contributed by atoms with van der Waals surface area (Å²) in [5.74, 6) is 1.55. The van der Waals surface area contributed by atoms with Gasteiger partial charge in [0.15, 0.2) is 11.5 Å². The molecule has 8 nitrogen and oxygen atoms in total. The molecule has 0 fully saturated rings. The first-order valence-electron chi connectivity index (χ1n) is 10.9. The van der Waals surface area contributed by atoms with Crippen molar-refractivity contribution in [1.82, 2.24) is 14.9 Å². The standard InChI is InChI=1S/C26H23N3O5/c1-17-22(18(2)34-28-17)16-33-25(30)11-9-20-15-29(21-6-4-3-5-7-21)27-26(20)19-8-10-23-24(14-19)32-13-12-31-23/h3-11,14-15H,12-13,16H2,1-2H3/b11-9+. The molecule has 1 aliphatic rings. The maximum absolute atomic E-state index is 12.4. The molecule has 0 saturated carbocycles. The van der Waals surface area contributed by atoms with Crippen LogP contribution in [0.15, 0.2) is 65.3 Å². The number of fused-ring (bicyclic) bond motifs is 1. The molecule has 0 N–H and O–H groups in total. The summed E-state index contributed by atoms with van der Waals surface area (Å²) >= 11 is 0. The van der Waals surface area contributed by atoms with Gasteiger partial charge >= 0.3 is 5.97 Å². The van der Waals surface area contributed by atoms with Gasteiger partial charge in [-0.25, -0.2) is 9.48 Å². The van der Waals surface area contributed by atoms with Crippen LogP contribution >= 0.6 is 0 Å². The third-order valence-corrected chi connectivity index (χ3v) is 5.52. The Morgan fingerprint density at radius 2 is 1.88 bits per heavy atom. The molecule has 0 atom stereocenters. The van der Waals surface area contributed by atoms with Crippen molar-refractivity contribution in [1.29, 1.82) is 0 Å². The zero-order valence-corrected chi connectivity index (χ0v) is 18.9. The number of hydrogen-bond donors (Lipinski definition) is 0. The van der Waals surface area contributed by atoms with Gasteiger partial charge in [-0.1, -0.05) is 23.4 Å². The molecule has 8 heteroatoms. The average molecular weight is 457 g/mol. The lowest BCUT2D eigenvalue weighted by molar-refractivity contribution is -0.138. The van der Waals surface area contributed by atoms with Crippen molar-refractivity contribution >= 4 is 12.0 Å². The number of ether oxygens (including phenoxy) is 3. The fourth-order valence-corrected chi connectivity index (χ4v) is 3.69. The lowest BCUT2D eigenvalue weighted by Gasteiger charge is -2.18. The number of aromatic nitrogens is 3. The first kappa shape index (κ1) is 21.5. The normalized spacial score (nSPS) is 12.8. The fourth-order valence-electron chi connectivity index (χ4n) is 3.69. The van der Waals surface area contributed by atoms with Crippen LogP contribution in [0.1, 0.15) is 22.6 Å². The molecule has 0 amide bonds. The average Bonchev–Trinajstić information content (AvgIpc) is 3.44. The summed E-state index contributed by atoms with van der Waals surface area (Å²) < 4.78 is 23.7. The Kier molecular flexibility index (Phi) is 5.86. The summed E-state index contributed by atoms with van der Waals surface area (Å²) in [5, 5.41) is 8.66. The minimum atomic E-state index is -0.472. The molecule has 5 rings (SSSR count). The van der Waals surface area contributed by atoms with E-state index in [1.165, 1.54) is 6.08 Å². The van der Waals surface area contributed by atoms with Crippen molar-refractivity contribution in [3.05, 3.63) is 83.4 Å². The maximum atomic E-state index is 12.4. The molecule has 0 spiro atoms. The largest absolute Gasteiger partial charge is 0.486 e. The van der Waals surface area contributed by atoms with Gasteiger partial charge in [-0.2, -0.15) is 5.10 Å². The van der Waals surface area contributed by atoms with E-state index in [2.05, 4.69) is 5.16 Å². The van der Waals surface area contributed by atoms with E-state index >= 15 is 0 Å². The molecule has 34 heavy (non-hydrogen) atoms. The Morgan fingerprint density at radius 1 is 1.09 bits per heavy atom. The van der Waals surface area contributed by atoms with E-state index in [0.29, 0.717) is 41.9 Å². The van der Waals surface area contributed by atoms with Crippen LogP contribution in [0.25, 0.3) is 23.0 Å². The third-order valence-electron chi connectivity index (χ3n) is 5.52. The van der Waals surface area contributed by atoms with E-state index < -0.39 is 5.97 Å². The van der Waals surface area contributed by atoms with Crippen molar-refractivity contribution in [2.75, 3.05) is 13.2 Å².